The third-order valence-corrected chi connectivity index (χ3v) is 9.84. The summed E-state index contributed by atoms with van der Waals surface area (Å²) in [5.41, 5.74) is 2.88. The molecule has 5 aromatic carbocycles. The third kappa shape index (κ3) is 6.29. The normalized spacial score (nSPS) is 11.7. The Bertz CT molecular complexity index is 1970. The number of fused-ring (bicyclic) bond motifs is 1. The molecule has 0 heterocycles. The van der Waals surface area contributed by atoms with Gasteiger partial charge in [-0.3, -0.25) is 13.8 Å². The lowest BCUT2D eigenvalue weighted by Gasteiger charge is -2.24. The molecule has 5 aromatic rings. The number of benzene rings is 5. The Morgan fingerprint density at radius 3 is 2.05 bits per heavy atom. The van der Waals surface area contributed by atoms with Gasteiger partial charge in [-0.05, 0) is 79.4 Å². The van der Waals surface area contributed by atoms with Crippen molar-refractivity contribution in [2.24, 2.45) is 0 Å². The van der Waals surface area contributed by atoms with Gasteiger partial charge in [-0.25, -0.2) is 16.8 Å². The standard InChI is InChI=1S/C32H29N3O5S2/c1-23-13-17-29(18-14-23)42(39,40)35(27-10-5-7-24(2)21-27)22-32(36)33-26-15-19-28(20-16-26)41(37,38)34-31-12-6-9-25-8-3-4-11-30(25)31/h3-21,34H,22H2,1-2H3,(H,33,36). The Hall–Kier alpha value is -4.67. The number of hydrogen-bond donors (Lipinski definition) is 2. The second-order valence-corrected chi connectivity index (χ2v) is 13.4. The molecule has 10 heteroatoms. The van der Waals surface area contributed by atoms with Crippen LogP contribution in [0.2, 0.25) is 0 Å². The van der Waals surface area contributed by atoms with Gasteiger partial charge in [-0.2, -0.15) is 0 Å². The number of amides is 1. The number of nitrogens with one attached hydrogen (secondary N) is 2. The van der Waals surface area contributed by atoms with Gasteiger partial charge in [0.15, 0.2) is 0 Å². The summed E-state index contributed by atoms with van der Waals surface area (Å²) in [6.45, 7) is 3.21. The van der Waals surface area contributed by atoms with Crippen LogP contribution < -0.4 is 14.3 Å². The van der Waals surface area contributed by atoms with E-state index in [1.807, 2.05) is 50.2 Å². The van der Waals surface area contributed by atoms with Crippen molar-refractivity contribution in [1.82, 2.24) is 0 Å². The van der Waals surface area contributed by atoms with Crippen LogP contribution in [0, 0.1) is 13.8 Å². The lowest BCUT2D eigenvalue weighted by atomic mass is 10.1. The molecule has 1 amide bonds. The molecule has 0 radical (unpaired) electrons. The van der Waals surface area contributed by atoms with Crippen LogP contribution in [-0.2, 0) is 24.8 Å². The summed E-state index contributed by atoms with van der Waals surface area (Å²) in [6.07, 6.45) is 0. The van der Waals surface area contributed by atoms with Crippen LogP contribution in [0.25, 0.3) is 10.8 Å². The maximum Gasteiger partial charge on any atom is 0.264 e. The smallest absolute Gasteiger partial charge is 0.264 e. The first-order chi connectivity index (χ1) is 20.0. The molecule has 0 atom stereocenters. The van der Waals surface area contributed by atoms with E-state index >= 15 is 0 Å². The highest BCUT2D eigenvalue weighted by atomic mass is 32.2. The van der Waals surface area contributed by atoms with Crippen molar-refractivity contribution in [3.63, 3.8) is 0 Å². The number of carbonyl (C=O) groups excluding carboxylic acids is 1. The van der Waals surface area contributed by atoms with Gasteiger partial charge in [0, 0.05) is 11.1 Å². The van der Waals surface area contributed by atoms with Crippen molar-refractivity contribution in [2.45, 2.75) is 23.6 Å². The molecular weight excluding hydrogens is 571 g/mol. The summed E-state index contributed by atoms with van der Waals surface area (Å²) in [4.78, 5) is 13.2. The molecule has 0 saturated carbocycles. The van der Waals surface area contributed by atoms with Gasteiger partial charge in [-0.15, -0.1) is 0 Å². The average molecular weight is 600 g/mol. The van der Waals surface area contributed by atoms with Crippen molar-refractivity contribution in [2.75, 3.05) is 20.9 Å². The van der Waals surface area contributed by atoms with E-state index in [1.165, 1.54) is 36.4 Å². The van der Waals surface area contributed by atoms with Crippen LogP contribution in [0.5, 0.6) is 0 Å². The maximum atomic E-state index is 13.6. The molecule has 214 valence electrons. The van der Waals surface area contributed by atoms with Crippen molar-refractivity contribution in [3.8, 4) is 0 Å². The largest absolute Gasteiger partial charge is 0.325 e. The number of aryl methyl sites for hydroxylation is 2. The summed E-state index contributed by atoms with van der Waals surface area (Å²) < 4.78 is 57.1. The topological polar surface area (TPSA) is 113 Å². The van der Waals surface area contributed by atoms with Gasteiger partial charge < -0.3 is 5.32 Å². The molecule has 0 unspecified atom stereocenters. The Labute approximate surface area is 245 Å². The highest BCUT2D eigenvalue weighted by molar-refractivity contribution is 7.93. The molecule has 8 nitrogen and oxygen atoms in total. The fraction of sp³-hybridized carbons (Fsp3) is 0.0938. The van der Waals surface area contributed by atoms with Gasteiger partial charge in [0.1, 0.15) is 6.54 Å². The molecule has 0 aliphatic carbocycles. The Morgan fingerprint density at radius 2 is 1.33 bits per heavy atom. The van der Waals surface area contributed by atoms with E-state index in [1.54, 1.807) is 42.5 Å². The highest BCUT2D eigenvalue weighted by Gasteiger charge is 2.27. The van der Waals surface area contributed by atoms with E-state index in [4.69, 9.17) is 0 Å². The minimum absolute atomic E-state index is 0.0109. The van der Waals surface area contributed by atoms with Gasteiger partial charge in [0.2, 0.25) is 5.91 Å². The number of rotatable bonds is 9. The number of hydrogen-bond acceptors (Lipinski definition) is 5. The second kappa shape index (κ2) is 11.7. The van der Waals surface area contributed by atoms with Crippen LogP contribution in [0.3, 0.4) is 0 Å². The lowest BCUT2D eigenvalue weighted by Crippen LogP contribution is -2.38. The average Bonchev–Trinajstić information content (AvgIpc) is 2.96. The minimum atomic E-state index is -4.06. The van der Waals surface area contributed by atoms with E-state index in [0.717, 1.165) is 26.2 Å². The molecule has 5 rings (SSSR count). The lowest BCUT2D eigenvalue weighted by molar-refractivity contribution is -0.114. The Morgan fingerprint density at radius 1 is 0.690 bits per heavy atom. The predicted molar refractivity (Wildman–Crippen MR) is 167 cm³/mol. The SMILES string of the molecule is Cc1ccc(S(=O)(=O)N(CC(=O)Nc2ccc(S(=O)(=O)Nc3cccc4ccccc34)cc2)c2cccc(C)c2)cc1. The Balaban J connectivity index is 1.34. The van der Waals surface area contributed by atoms with Gasteiger partial charge >= 0.3 is 0 Å². The van der Waals surface area contributed by atoms with E-state index in [0.29, 0.717) is 17.1 Å². The third-order valence-electron chi connectivity index (χ3n) is 6.67. The predicted octanol–water partition coefficient (Wildman–Crippen LogP) is 6.09. The highest BCUT2D eigenvalue weighted by Crippen LogP contribution is 2.27. The van der Waals surface area contributed by atoms with Crippen molar-refractivity contribution in [3.05, 3.63) is 126 Å². The summed E-state index contributed by atoms with van der Waals surface area (Å²) in [7, 11) is -7.97. The summed E-state index contributed by atoms with van der Waals surface area (Å²) in [5.74, 6) is -0.586. The van der Waals surface area contributed by atoms with E-state index in [2.05, 4.69) is 10.0 Å². The van der Waals surface area contributed by atoms with Crippen LogP contribution in [0.1, 0.15) is 11.1 Å². The maximum absolute atomic E-state index is 13.6. The zero-order chi connectivity index (χ0) is 29.9. The van der Waals surface area contributed by atoms with E-state index in [9.17, 15) is 21.6 Å². The molecule has 0 aromatic heterocycles. The zero-order valence-electron chi connectivity index (χ0n) is 23.0. The Kier molecular flexibility index (Phi) is 8.02. The van der Waals surface area contributed by atoms with Gasteiger partial charge in [-0.1, -0.05) is 66.2 Å². The number of carbonyl (C=O) groups is 1. The van der Waals surface area contributed by atoms with Crippen molar-refractivity contribution in [1.29, 1.82) is 0 Å². The van der Waals surface area contributed by atoms with Gasteiger partial charge in [0.25, 0.3) is 20.0 Å². The second-order valence-electron chi connectivity index (χ2n) is 9.87. The molecule has 0 spiro atoms. The molecule has 42 heavy (non-hydrogen) atoms. The van der Waals surface area contributed by atoms with Crippen molar-refractivity contribution < 1.29 is 21.6 Å². The van der Waals surface area contributed by atoms with Crippen LogP contribution >= 0.6 is 0 Å². The quantitative estimate of drug-likeness (QED) is 0.213. The molecule has 0 aliphatic rings. The van der Waals surface area contributed by atoms with Crippen molar-refractivity contribution >= 4 is 53.8 Å². The number of nitrogens with zero attached hydrogens (tertiary/aromatic N) is 1. The van der Waals surface area contributed by atoms with E-state index < -0.39 is 32.5 Å². The van der Waals surface area contributed by atoms with Crippen LogP contribution in [0.15, 0.2) is 125 Å². The molecular formula is C32H29N3O5S2. The zero-order valence-corrected chi connectivity index (χ0v) is 24.6. The molecule has 0 fully saturated rings. The fourth-order valence-corrected chi connectivity index (χ4v) is 6.99. The molecule has 0 saturated heterocycles. The van der Waals surface area contributed by atoms with Crippen LogP contribution in [-0.4, -0.2) is 29.3 Å². The first-order valence-corrected chi connectivity index (χ1v) is 16.0. The molecule has 0 aliphatic heterocycles. The number of anilines is 3. The summed E-state index contributed by atoms with van der Waals surface area (Å²) >= 11 is 0. The first-order valence-electron chi connectivity index (χ1n) is 13.1. The molecule has 2 N–H and O–H groups in total. The monoisotopic (exact) mass is 599 g/mol. The molecule has 0 bridgehead atoms. The van der Waals surface area contributed by atoms with E-state index in [-0.39, 0.29) is 9.79 Å². The fourth-order valence-electron chi connectivity index (χ4n) is 4.50. The summed E-state index contributed by atoms with van der Waals surface area (Å²) in [6, 6.07) is 31.8. The number of sulfonamides is 2. The minimum Gasteiger partial charge on any atom is -0.325 e. The van der Waals surface area contributed by atoms with Gasteiger partial charge in [0.05, 0.1) is 21.2 Å². The first kappa shape index (κ1) is 28.8. The summed E-state index contributed by atoms with van der Waals surface area (Å²) in [5, 5.41) is 4.35. The van der Waals surface area contributed by atoms with Crippen LogP contribution in [0.4, 0.5) is 17.1 Å².